The maximum Gasteiger partial charge on any atom is 0.416 e. The van der Waals surface area contributed by atoms with Crippen LogP contribution in [0.15, 0.2) is 97.3 Å². The molecule has 0 radical (unpaired) electrons. The van der Waals surface area contributed by atoms with Crippen LogP contribution in [0.5, 0.6) is 0 Å². The molecule has 0 aromatic heterocycles. The van der Waals surface area contributed by atoms with E-state index in [1.165, 1.54) is 12.1 Å². The summed E-state index contributed by atoms with van der Waals surface area (Å²) in [5.41, 5.74) is 1.61. The van der Waals surface area contributed by atoms with Gasteiger partial charge in [-0.3, -0.25) is 0 Å². The molecular weight excluding hydrogens is 373 g/mol. The number of nitrogens with one attached hydrogen (secondary N) is 1. The lowest BCUT2D eigenvalue weighted by atomic mass is 9.83. The number of rotatable bonds is 4. The SMILES string of the molecule is C=C1NC(c2ccccc2)(c2ccccc2)CN1Cc1cccc(C(F)(F)F)c1. The molecule has 1 heterocycles. The highest BCUT2D eigenvalue weighted by Gasteiger charge is 2.42. The summed E-state index contributed by atoms with van der Waals surface area (Å²) in [6, 6.07) is 25.6. The molecule has 0 aliphatic carbocycles. The lowest BCUT2D eigenvalue weighted by Gasteiger charge is -2.30. The van der Waals surface area contributed by atoms with Gasteiger partial charge in [-0.2, -0.15) is 13.2 Å². The molecule has 3 aromatic carbocycles. The molecule has 1 N–H and O–H groups in total. The maximum absolute atomic E-state index is 13.1. The van der Waals surface area contributed by atoms with Crippen molar-refractivity contribution in [2.24, 2.45) is 0 Å². The fourth-order valence-corrected chi connectivity index (χ4v) is 3.90. The van der Waals surface area contributed by atoms with Crippen LogP contribution in [0.25, 0.3) is 0 Å². The zero-order valence-corrected chi connectivity index (χ0v) is 15.8. The fraction of sp³-hybridized carbons (Fsp3) is 0.167. The Labute approximate surface area is 168 Å². The van der Waals surface area contributed by atoms with Crippen molar-refractivity contribution in [1.82, 2.24) is 10.2 Å². The van der Waals surface area contributed by atoms with Gasteiger partial charge >= 0.3 is 6.18 Å². The fourth-order valence-electron chi connectivity index (χ4n) is 3.90. The zero-order valence-electron chi connectivity index (χ0n) is 15.8. The van der Waals surface area contributed by atoms with Gasteiger partial charge in [-0.05, 0) is 28.8 Å². The Morgan fingerprint density at radius 3 is 2.00 bits per heavy atom. The summed E-state index contributed by atoms with van der Waals surface area (Å²) in [5.74, 6) is 0.690. The van der Waals surface area contributed by atoms with Crippen molar-refractivity contribution in [1.29, 1.82) is 0 Å². The van der Waals surface area contributed by atoms with Crippen LogP contribution < -0.4 is 5.32 Å². The number of hydrogen-bond acceptors (Lipinski definition) is 2. The molecule has 0 saturated carbocycles. The monoisotopic (exact) mass is 394 g/mol. The number of halogens is 3. The van der Waals surface area contributed by atoms with Crippen LogP contribution >= 0.6 is 0 Å². The summed E-state index contributed by atoms with van der Waals surface area (Å²) < 4.78 is 39.2. The van der Waals surface area contributed by atoms with Gasteiger partial charge < -0.3 is 10.2 Å². The third-order valence-electron chi connectivity index (χ3n) is 5.33. The van der Waals surface area contributed by atoms with Crippen molar-refractivity contribution in [3.8, 4) is 0 Å². The van der Waals surface area contributed by atoms with E-state index in [1.54, 1.807) is 6.07 Å². The average molecular weight is 394 g/mol. The van der Waals surface area contributed by atoms with Gasteiger partial charge in [0.1, 0.15) is 5.54 Å². The molecular formula is C24H21F3N2. The summed E-state index contributed by atoms with van der Waals surface area (Å²) in [6.45, 7) is 5.05. The van der Waals surface area contributed by atoms with Gasteiger partial charge in [0.2, 0.25) is 0 Å². The highest BCUT2D eigenvalue weighted by atomic mass is 19.4. The van der Waals surface area contributed by atoms with Crippen molar-refractivity contribution in [3.63, 3.8) is 0 Å². The second-order valence-corrected chi connectivity index (χ2v) is 7.26. The van der Waals surface area contributed by atoms with E-state index in [1.807, 2.05) is 41.3 Å². The van der Waals surface area contributed by atoms with E-state index in [4.69, 9.17) is 0 Å². The minimum atomic E-state index is -4.35. The predicted molar refractivity (Wildman–Crippen MR) is 108 cm³/mol. The second-order valence-electron chi connectivity index (χ2n) is 7.26. The van der Waals surface area contributed by atoms with Crippen LogP contribution in [0.3, 0.4) is 0 Å². The average Bonchev–Trinajstić information content (AvgIpc) is 3.06. The Hall–Kier alpha value is -3.21. The first-order valence-corrected chi connectivity index (χ1v) is 9.38. The Kier molecular flexibility index (Phi) is 4.82. The summed E-state index contributed by atoms with van der Waals surface area (Å²) in [6.07, 6.45) is -4.35. The third-order valence-corrected chi connectivity index (χ3v) is 5.33. The van der Waals surface area contributed by atoms with Crippen molar-refractivity contribution in [2.75, 3.05) is 6.54 Å². The van der Waals surface area contributed by atoms with E-state index in [9.17, 15) is 13.2 Å². The lowest BCUT2D eigenvalue weighted by molar-refractivity contribution is -0.137. The largest absolute Gasteiger partial charge is 0.416 e. The molecule has 5 heteroatoms. The van der Waals surface area contributed by atoms with E-state index in [0.29, 0.717) is 24.5 Å². The van der Waals surface area contributed by atoms with E-state index in [2.05, 4.69) is 36.2 Å². The normalized spacial score (nSPS) is 16.0. The molecule has 0 bridgehead atoms. The summed E-state index contributed by atoms with van der Waals surface area (Å²) in [5, 5.41) is 3.52. The molecule has 1 aliphatic rings. The number of nitrogens with zero attached hydrogens (tertiary/aromatic N) is 1. The van der Waals surface area contributed by atoms with Crippen LogP contribution in [-0.2, 0) is 18.3 Å². The second kappa shape index (κ2) is 7.32. The highest BCUT2D eigenvalue weighted by Crippen LogP contribution is 2.38. The summed E-state index contributed by atoms with van der Waals surface area (Å²) in [4.78, 5) is 2.00. The first-order chi connectivity index (χ1) is 13.9. The molecule has 0 spiro atoms. The third kappa shape index (κ3) is 3.73. The van der Waals surface area contributed by atoms with Gasteiger partial charge in [0.15, 0.2) is 0 Å². The molecule has 4 rings (SSSR count). The molecule has 1 aliphatic heterocycles. The van der Waals surface area contributed by atoms with Crippen LogP contribution in [-0.4, -0.2) is 11.4 Å². The summed E-state index contributed by atoms with van der Waals surface area (Å²) >= 11 is 0. The first-order valence-electron chi connectivity index (χ1n) is 9.38. The van der Waals surface area contributed by atoms with Crippen molar-refractivity contribution in [2.45, 2.75) is 18.3 Å². The number of hydrogen-bond donors (Lipinski definition) is 1. The first kappa shape index (κ1) is 19.1. The van der Waals surface area contributed by atoms with Crippen LogP contribution in [0.1, 0.15) is 22.3 Å². The topological polar surface area (TPSA) is 15.3 Å². The maximum atomic E-state index is 13.1. The quantitative estimate of drug-likeness (QED) is 0.626. The Balaban J connectivity index is 1.68. The van der Waals surface area contributed by atoms with Crippen LogP contribution in [0.2, 0.25) is 0 Å². The Morgan fingerprint density at radius 2 is 1.45 bits per heavy atom. The van der Waals surface area contributed by atoms with Gasteiger partial charge in [-0.25, -0.2) is 0 Å². The molecule has 1 saturated heterocycles. The molecule has 2 nitrogen and oxygen atoms in total. The Morgan fingerprint density at radius 1 is 0.862 bits per heavy atom. The van der Waals surface area contributed by atoms with E-state index < -0.39 is 17.3 Å². The molecule has 3 aromatic rings. The number of alkyl halides is 3. The Bertz CT molecular complexity index is 958. The van der Waals surface area contributed by atoms with Gasteiger partial charge in [-0.1, -0.05) is 79.4 Å². The van der Waals surface area contributed by atoms with Crippen LogP contribution in [0.4, 0.5) is 13.2 Å². The van der Waals surface area contributed by atoms with Crippen molar-refractivity contribution >= 4 is 0 Å². The molecule has 29 heavy (non-hydrogen) atoms. The van der Waals surface area contributed by atoms with Crippen molar-refractivity contribution in [3.05, 3.63) is 120 Å². The lowest BCUT2D eigenvalue weighted by Crippen LogP contribution is -2.40. The van der Waals surface area contributed by atoms with Crippen molar-refractivity contribution < 1.29 is 13.2 Å². The predicted octanol–water partition coefficient (Wildman–Crippen LogP) is 5.53. The van der Waals surface area contributed by atoms with E-state index in [0.717, 1.165) is 17.2 Å². The zero-order chi connectivity index (χ0) is 20.5. The highest BCUT2D eigenvalue weighted by molar-refractivity contribution is 5.42. The number of benzene rings is 3. The molecule has 1 fully saturated rings. The van der Waals surface area contributed by atoms with Gasteiger partial charge in [0, 0.05) is 6.54 Å². The minimum Gasteiger partial charge on any atom is -0.357 e. The van der Waals surface area contributed by atoms with Crippen LogP contribution in [0, 0.1) is 0 Å². The smallest absolute Gasteiger partial charge is 0.357 e. The standard InChI is InChI=1S/C24H21F3N2/c1-18-28-23(20-10-4-2-5-11-20,21-12-6-3-7-13-21)17-29(18)16-19-9-8-14-22(15-19)24(25,26)27/h2-15,28H,1,16-17H2. The molecule has 0 amide bonds. The van der Waals surface area contributed by atoms with Gasteiger partial charge in [-0.15, -0.1) is 0 Å². The van der Waals surface area contributed by atoms with Gasteiger partial charge in [0.25, 0.3) is 0 Å². The van der Waals surface area contributed by atoms with Gasteiger partial charge in [0.05, 0.1) is 17.9 Å². The molecule has 0 unspecified atom stereocenters. The molecule has 148 valence electrons. The van der Waals surface area contributed by atoms with E-state index >= 15 is 0 Å². The minimum absolute atomic E-state index is 0.344. The summed E-state index contributed by atoms with van der Waals surface area (Å²) in [7, 11) is 0. The molecule has 0 atom stereocenters. The van der Waals surface area contributed by atoms with E-state index in [-0.39, 0.29) is 0 Å².